The van der Waals surface area contributed by atoms with E-state index < -0.39 is 5.92 Å². The van der Waals surface area contributed by atoms with Crippen molar-refractivity contribution < 1.29 is 40.5 Å². The maximum atomic E-state index is 13.6. The molecule has 3 fully saturated rings. The predicted molar refractivity (Wildman–Crippen MR) is 126 cm³/mol. The standard InChI is InChI=1S/C26H25N5O4.BrH/c32-23(30-26-28-15-27-16-29-26)14-31-11-9-17(10-12-31)22(13-31)35-25(33)24-18-5-1-3-7-20(18)34-21-8-4-2-6-19(21)24;/h1-8,15-17,22,24H,9-14H2;1H. The summed E-state index contributed by atoms with van der Waals surface area (Å²) in [5.74, 6) is 0.979. The Hall–Kier alpha value is -3.37. The second-order valence-corrected chi connectivity index (χ2v) is 9.56. The Morgan fingerprint density at radius 3 is 2.22 bits per heavy atom. The summed E-state index contributed by atoms with van der Waals surface area (Å²) in [7, 11) is 0. The highest BCUT2D eigenvalue weighted by Gasteiger charge is 2.49. The lowest BCUT2D eigenvalue weighted by Crippen LogP contribution is -3.00. The number of nitrogens with one attached hydrogen (secondary N) is 1. The van der Waals surface area contributed by atoms with Crippen LogP contribution in [0.5, 0.6) is 11.5 Å². The Morgan fingerprint density at radius 2 is 1.58 bits per heavy atom. The quantitative estimate of drug-likeness (QED) is 0.349. The first-order valence-electron chi connectivity index (χ1n) is 11.9. The molecule has 36 heavy (non-hydrogen) atoms. The fourth-order valence-electron chi connectivity index (χ4n) is 5.73. The SMILES string of the molecule is O=C(C[N+]12CCC(CC1)C(OC(=O)C1c3ccccc3Oc3ccccc31)C2)Nc1ncncn1.[Br-]. The van der Waals surface area contributed by atoms with Crippen molar-refractivity contribution in [2.45, 2.75) is 24.9 Å². The van der Waals surface area contributed by atoms with Crippen molar-refractivity contribution >= 4 is 17.8 Å². The molecule has 1 N–H and O–H groups in total. The van der Waals surface area contributed by atoms with Gasteiger partial charge in [-0.15, -0.1) is 0 Å². The van der Waals surface area contributed by atoms with Crippen LogP contribution < -0.4 is 27.0 Å². The van der Waals surface area contributed by atoms with Crippen LogP contribution in [0, 0.1) is 5.92 Å². The summed E-state index contributed by atoms with van der Waals surface area (Å²) in [4.78, 5) is 38.1. The lowest BCUT2D eigenvalue weighted by Gasteiger charge is -2.51. The largest absolute Gasteiger partial charge is 1.00 e. The molecule has 3 aromatic rings. The molecule has 9 nitrogen and oxygen atoms in total. The van der Waals surface area contributed by atoms with Crippen LogP contribution in [0.3, 0.4) is 0 Å². The molecule has 1 aromatic heterocycles. The minimum Gasteiger partial charge on any atom is -1.00 e. The van der Waals surface area contributed by atoms with Crippen LogP contribution in [0.15, 0.2) is 61.2 Å². The second-order valence-electron chi connectivity index (χ2n) is 9.56. The van der Waals surface area contributed by atoms with Crippen LogP contribution >= 0.6 is 0 Å². The molecule has 1 unspecified atom stereocenters. The Labute approximate surface area is 219 Å². The van der Waals surface area contributed by atoms with E-state index in [1.54, 1.807) is 0 Å². The number of rotatable bonds is 5. The van der Waals surface area contributed by atoms with Crippen molar-refractivity contribution in [3.05, 3.63) is 72.3 Å². The van der Waals surface area contributed by atoms with Gasteiger partial charge >= 0.3 is 5.97 Å². The minimum atomic E-state index is -0.535. The van der Waals surface area contributed by atoms with Gasteiger partial charge in [0.25, 0.3) is 5.91 Å². The molecule has 5 heterocycles. The van der Waals surface area contributed by atoms with Gasteiger partial charge in [0, 0.05) is 29.9 Å². The fraction of sp³-hybridized carbons (Fsp3) is 0.346. The number of aromatic nitrogens is 3. The first kappa shape index (κ1) is 24.3. The monoisotopic (exact) mass is 551 g/mol. The van der Waals surface area contributed by atoms with Gasteiger partial charge in [-0.05, 0) is 12.1 Å². The first-order chi connectivity index (χ1) is 17.1. The molecule has 0 radical (unpaired) electrons. The van der Waals surface area contributed by atoms with Crippen molar-refractivity contribution in [3.63, 3.8) is 0 Å². The van der Waals surface area contributed by atoms with E-state index >= 15 is 0 Å². The minimum absolute atomic E-state index is 0. The highest BCUT2D eigenvalue weighted by molar-refractivity contribution is 5.89. The third-order valence-electron chi connectivity index (χ3n) is 7.45. The van der Waals surface area contributed by atoms with Gasteiger partial charge in [0.15, 0.2) is 12.6 Å². The number of anilines is 1. The van der Waals surface area contributed by atoms with E-state index in [0.29, 0.717) is 35.0 Å². The summed E-state index contributed by atoms with van der Waals surface area (Å²) in [6.07, 6.45) is 4.33. The molecule has 0 spiro atoms. The molecule has 4 aliphatic rings. The maximum Gasteiger partial charge on any atom is 0.318 e. The summed E-state index contributed by atoms with van der Waals surface area (Å²) in [6.45, 7) is 2.72. The fourth-order valence-corrected chi connectivity index (χ4v) is 5.73. The van der Waals surface area contributed by atoms with Gasteiger partial charge in [0.2, 0.25) is 5.95 Å². The average molecular weight is 552 g/mol. The van der Waals surface area contributed by atoms with E-state index in [-0.39, 0.29) is 40.9 Å². The molecule has 0 saturated carbocycles. The number of carbonyl (C=O) groups excluding carboxylic acids is 2. The van der Waals surface area contributed by atoms with E-state index in [1.165, 1.54) is 12.7 Å². The van der Waals surface area contributed by atoms with E-state index in [9.17, 15) is 9.59 Å². The van der Waals surface area contributed by atoms with Gasteiger partial charge in [-0.1, -0.05) is 36.4 Å². The number of amides is 1. The van der Waals surface area contributed by atoms with Crippen molar-refractivity contribution in [2.75, 3.05) is 31.5 Å². The third kappa shape index (κ3) is 4.58. The molecule has 186 valence electrons. The van der Waals surface area contributed by atoms with Crippen LogP contribution in [-0.2, 0) is 14.3 Å². The molecule has 2 bridgehead atoms. The highest BCUT2D eigenvalue weighted by Crippen LogP contribution is 2.45. The van der Waals surface area contributed by atoms with Crippen LogP contribution in [0.2, 0.25) is 0 Å². The number of fused-ring (bicyclic) bond motifs is 5. The number of quaternary nitrogens is 1. The zero-order chi connectivity index (χ0) is 23.8. The summed E-state index contributed by atoms with van der Waals surface area (Å²) in [5.41, 5.74) is 1.64. The summed E-state index contributed by atoms with van der Waals surface area (Å²) >= 11 is 0. The highest BCUT2D eigenvalue weighted by atomic mass is 79.9. The van der Waals surface area contributed by atoms with Crippen LogP contribution in [0.4, 0.5) is 5.95 Å². The van der Waals surface area contributed by atoms with E-state index in [0.717, 1.165) is 37.1 Å². The zero-order valence-corrected chi connectivity index (χ0v) is 21.1. The number of ether oxygens (including phenoxy) is 2. The summed E-state index contributed by atoms with van der Waals surface area (Å²) < 4.78 is 12.9. The van der Waals surface area contributed by atoms with Gasteiger partial charge < -0.3 is 30.9 Å². The van der Waals surface area contributed by atoms with Gasteiger partial charge in [0.1, 0.15) is 36.6 Å². The molecule has 1 amide bonds. The molecular weight excluding hydrogens is 526 g/mol. The molecule has 2 aromatic carbocycles. The van der Waals surface area contributed by atoms with Crippen LogP contribution in [-0.4, -0.2) is 63.6 Å². The number of esters is 1. The van der Waals surface area contributed by atoms with Crippen LogP contribution in [0.25, 0.3) is 0 Å². The van der Waals surface area contributed by atoms with Gasteiger partial charge in [-0.3, -0.25) is 14.9 Å². The maximum absolute atomic E-state index is 13.6. The number of carbonyl (C=O) groups is 2. The summed E-state index contributed by atoms with van der Waals surface area (Å²) in [6, 6.07) is 15.2. The lowest BCUT2D eigenvalue weighted by atomic mass is 9.82. The molecule has 0 aliphatic carbocycles. The second kappa shape index (κ2) is 9.94. The van der Waals surface area contributed by atoms with Gasteiger partial charge in [0.05, 0.1) is 13.1 Å². The molecule has 7 rings (SSSR count). The number of halogens is 1. The smallest absolute Gasteiger partial charge is 0.318 e. The average Bonchev–Trinajstić information content (AvgIpc) is 2.88. The normalized spacial score (nSPS) is 23.9. The Balaban J connectivity index is 0.00000267. The number of piperidine rings is 3. The number of hydrogen-bond acceptors (Lipinski definition) is 7. The molecule has 10 heteroatoms. The van der Waals surface area contributed by atoms with Crippen molar-refractivity contribution in [1.29, 1.82) is 0 Å². The molecular formula is C26H26BrN5O4. The molecule has 1 atom stereocenters. The topological polar surface area (TPSA) is 103 Å². The lowest BCUT2D eigenvalue weighted by molar-refractivity contribution is -0.938. The van der Waals surface area contributed by atoms with E-state index in [2.05, 4.69) is 20.3 Å². The number of nitrogens with zero attached hydrogens (tertiary/aromatic N) is 4. The molecule has 4 aliphatic heterocycles. The van der Waals surface area contributed by atoms with Crippen molar-refractivity contribution in [2.24, 2.45) is 5.92 Å². The number of hydrogen-bond donors (Lipinski definition) is 1. The van der Waals surface area contributed by atoms with Gasteiger partial charge in [-0.25, -0.2) is 15.0 Å². The molecule has 3 saturated heterocycles. The first-order valence-corrected chi connectivity index (χ1v) is 11.9. The van der Waals surface area contributed by atoms with Crippen LogP contribution in [0.1, 0.15) is 29.9 Å². The Kier molecular flexibility index (Phi) is 6.72. The van der Waals surface area contributed by atoms with Crippen molar-refractivity contribution in [3.8, 4) is 11.5 Å². The Bertz CT molecular complexity index is 1220. The number of para-hydroxylation sites is 2. The Morgan fingerprint density at radius 1 is 0.972 bits per heavy atom. The van der Waals surface area contributed by atoms with Gasteiger partial charge in [-0.2, -0.15) is 0 Å². The number of benzene rings is 2. The predicted octanol–water partition coefficient (Wildman–Crippen LogP) is -0.0959. The van der Waals surface area contributed by atoms with E-state index in [4.69, 9.17) is 9.47 Å². The van der Waals surface area contributed by atoms with Crippen molar-refractivity contribution in [1.82, 2.24) is 15.0 Å². The third-order valence-corrected chi connectivity index (χ3v) is 7.45. The van der Waals surface area contributed by atoms with E-state index in [1.807, 2.05) is 48.5 Å². The summed E-state index contributed by atoms with van der Waals surface area (Å²) in [5, 5.41) is 2.76. The zero-order valence-electron chi connectivity index (χ0n) is 19.5.